The number of aryl methyl sites for hydroxylation is 1. The molecule has 4 rings (SSSR count). The highest BCUT2D eigenvalue weighted by Gasteiger charge is 2.13. The van der Waals surface area contributed by atoms with Crippen LogP contribution in [-0.2, 0) is 7.05 Å². The van der Waals surface area contributed by atoms with Gasteiger partial charge in [-0.05, 0) is 12.1 Å². The van der Waals surface area contributed by atoms with Gasteiger partial charge >= 0.3 is 0 Å². The number of benzene rings is 2. The Balaban J connectivity index is 1.66. The maximum Gasteiger partial charge on any atom is 0.270 e. The molecule has 0 aliphatic heterocycles. The highest BCUT2D eigenvalue weighted by Crippen LogP contribution is 2.20. The van der Waals surface area contributed by atoms with E-state index in [1.807, 2.05) is 12.1 Å². The Labute approximate surface area is 164 Å². The summed E-state index contributed by atoms with van der Waals surface area (Å²) in [5.41, 5.74) is 3.74. The van der Waals surface area contributed by atoms with Crippen molar-refractivity contribution < 1.29 is 4.39 Å². The predicted octanol–water partition coefficient (Wildman–Crippen LogP) is 2.78. The van der Waals surface area contributed by atoms with Crippen LogP contribution in [0.3, 0.4) is 0 Å². The van der Waals surface area contributed by atoms with Crippen molar-refractivity contribution in [1.29, 1.82) is 5.26 Å². The lowest BCUT2D eigenvalue weighted by Crippen LogP contribution is -2.16. The number of aromatic amines is 1. The van der Waals surface area contributed by atoms with E-state index < -0.39 is 11.4 Å². The largest absolute Gasteiger partial charge is 0.290 e. The molecular formula is C20H14FN7O. The standard InChI is InChI=1S/C20H14FN7O/c1-28-17-8-13(16(21)7-14(17)11-24-28)10-23-27-20-25-18(12-5-3-2-4-6-12)15(9-22)19(29)26-20/h2-8,10-11H,1H3,(H2,25,26,27,29). The molecule has 0 saturated carbocycles. The number of nitriles is 1. The van der Waals surface area contributed by atoms with Gasteiger partial charge in [0.25, 0.3) is 5.56 Å². The molecule has 2 heterocycles. The molecule has 0 aliphatic rings. The van der Waals surface area contributed by atoms with Crippen molar-refractivity contribution in [3.8, 4) is 17.3 Å². The highest BCUT2D eigenvalue weighted by atomic mass is 19.1. The molecule has 0 fully saturated rings. The third kappa shape index (κ3) is 3.46. The second-order valence-electron chi connectivity index (χ2n) is 6.19. The lowest BCUT2D eigenvalue weighted by molar-refractivity contribution is 0.627. The summed E-state index contributed by atoms with van der Waals surface area (Å²) < 4.78 is 15.9. The van der Waals surface area contributed by atoms with Gasteiger partial charge in [-0.3, -0.25) is 14.5 Å². The van der Waals surface area contributed by atoms with Crippen LogP contribution in [-0.4, -0.2) is 26.0 Å². The minimum absolute atomic E-state index is 0.0334. The van der Waals surface area contributed by atoms with Gasteiger partial charge in [0, 0.05) is 23.6 Å². The fourth-order valence-corrected chi connectivity index (χ4v) is 2.88. The number of nitrogens with zero attached hydrogens (tertiary/aromatic N) is 5. The van der Waals surface area contributed by atoms with Crippen LogP contribution in [0.5, 0.6) is 0 Å². The molecule has 4 aromatic rings. The van der Waals surface area contributed by atoms with E-state index in [4.69, 9.17) is 0 Å². The summed E-state index contributed by atoms with van der Waals surface area (Å²) in [6.45, 7) is 0. The third-order valence-electron chi connectivity index (χ3n) is 4.32. The maximum absolute atomic E-state index is 14.2. The molecule has 2 N–H and O–H groups in total. The molecule has 2 aromatic heterocycles. The number of hydrogen-bond acceptors (Lipinski definition) is 6. The zero-order chi connectivity index (χ0) is 20.4. The number of hydrazone groups is 1. The number of hydrogen-bond donors (Lipinski definition) is 2. The Morgan fingerprint density at radius 1 is 1.31 bits per heavy atom. The second-order valence-corrected chi connectivity index (χ2v) is 6.19. The van der Waals surface area contributed by atoms with Gasteiger partial charge in [0.1, 0.15) is 17.4 Å². The Morgan fingerprint density at radius 2 is 2.10 bits per heavy atom. The van der Waals surface area contributed by atoms with Crippen molar-refractivity contribution >= 4 is 23.1 Å². The quantitative estimate of drug-likeness (QED) is 0.413. The molecule has 29 heavy (non-hydrogen) atoms. The molecule has 0 aliphatic carbocycles. The zero-order valence-corrected chi connectivity index (χ0v) is 15.2. The van der Waals surface area contributed by atoms with Crippen LogP contribution >= 0.6 is 0 Å². The fraction of sp³-hybridized carbons (Fsp3) is 0.0500. The van der Waals surface area contributed by atoms with E-state index in [2.05, 4.69) is 25.6 Å². The van der Waals surface area contributed by atoms with Crippen LogP contribution in [0.2, 0.25) is 0 Å². The Morgan fingerprint density at radius 3 is 2.86 bits per heavy atom. The van der Waals surface area contributed by atoms with Crippen molar-refractivity contribution in [2.45, 2.75) is 0 Å². The summed E-state index contributed by atoms with van der Waals surface area (Å²) in [7, 11) is 1.76. The smallest absolute Gasteiger partial charge is 0.270 e. The van der Waals surface area contributed by atoms with Crippen LogP contribution in [0.1, 0.15) is 11.1 Å². The topological polar surface area (TPSA) is 112 Å². The number of nitrogens with one attached hydrogen (secondary N) is 2. The predicted molar refractivity (Wildman–Crippen MR) is 107 cm³/mol. The molecule has 0 amide bonds. The van der Waals surface area contributed by atoms with Crippen molar-refractivity contribution in [3.63, 3.8) is 0 Å². The van der Waals surface area contributed by atoms with Crippen molar-refractivity contribution in [1.82, 2.24) is 19.7 Å². The van der Waals surface area contributed by atoms with E-state index in [0.29, 0.717) is 10.9 Å². The lowest BCUT2D eigenvalue weighted by atomic mass is 10.1. The second kappa shape index (κ2) is 7.36. The third-order valence-corrected chi connectivity index (χ3v) is 4.32. The first-order valence-corrected chi connectivity index (χ1v) is 8.57. The number of rotatable bonds is 4. The van der Waals surface area contributed by atoms with E-state index in [9.17, 15) is 14.4 Å². The van der Waals surface area contributed by atoms with E-state index in [1.165, 1.54) is 12.3 Å². The fourth-order valence-electron chi connectivity index (χ4n) is 2.88. The Bertz CT molecular complexity index is 1330. The summed E-state index contributed by atoms with van der Waals surface area (Å²) in [5, 5.41) is 18.0. The molecule has 142 valence electrons. The molecule has 0 radical (unpaired) electrons. The van der Waals surface area contributed by atoms with Crippen molar-refractivity contribution in [3.05, 3.63) is 76.0 Å². The lowest BCUT2D eigenvalue weighted by Gasteiger charge is -2.06. The van der Waals surface area contributed by atoms with Crippen LogP contribution in [0, 0.1) is 17.1 Å². The van der Waals surface area contributed by atoms with Gasteiger partial charge in [0.05, 0.1) is 23.6 Å². The number of fused-ring (bicyclic) bond motifs is 1. The highest BCUT2D eigenvalue weighted by molar-refractivity contribution is 5.89. The molecule has 0 bridgehead atoms. The SMILES string of the molecule is Cn1ncc2cc(F)c(C=NNc3nc(-c4ccccc4)c(C#N)c(=O)[nH]3)cc21. The molecule has 0 saturated heterocycles. The number of halogens is 1. The Hall–Kier alpha value is -4.32. The van der Waals surface area contributed by atoms with Crippen molar-refractivity contribution in [2.75, 3.05) is 5.43 Å². The van der Waals surface area contributed by atoms with Gasteiger partial charge in [-0.25, -0.2) is 14.8 Å². The minimum Gasteiger partial charge on any atom is -0.290 e. The number of H-pyrrole nitrogens is 1. The van der Waals surface area contributed by atoms with Gasteiger partial charge < -0.3 is 0 Å². The van der Waals surface area contributed by atoms with Gasteiger partial charge in [0.15, 0.2) is 0 Å². The summed E-state index contributed by atoms with van der Waals surface area (Å²) in [5.74, 6) is -0.423. The van der Waals surface area contributed by atoms with Gasteiger partial charge in [-0.15, -0.1) is 0 Å². The first kappa shape index (κ1) is 18.1. The number of aromatic nitrogens is 4. The summed E-state index contributed by atoms with van der Waals surface area (Å²) in [6, 6.07) is 13.7. The summed E-state index contributed by atoms with van der Waals surface area (Å²) in [4.78, 5) is 19.0. The van der Waals surface area contributed by atoms with Crippen LogP contribution < -0.4 is 11.0 Å². The molecule has 9 heteroatoms. The maximum atomic E-state index is 14.2. The number of anilines is 1. The first-order chi connectivity index (χ1) is 14.1. The van der Waals surface area contributed by atoms with Crippen LogP contribution in [0.25, 0.3) is 22.2 Å². The van der Waals surface area contributed by atoms with Crippen LogP contribution in [0.4, 0.5) is 10.3 Å². The van der Waals surface area contributed by atoms with Gasteiger partial charge in [-0.1, -0.05) is 30.3 Å². The molecule has 2 aromatic carbocycles. The van der Waals surface area contributed by atoms with Crippen molar-refractivity contribution in [2.24, 2.45) is 12.1 Å². The van der Waals surface area contributed by atoms with Gasteiger partial charge in [0.2, 0.25) is 5.95 Å². The summed E-state index contributed by atoms with van der Waals surface area (Å²) in [6.07, 6.45) is 2.86. The van der Waals surface area contributed by atoms with Gasteiger partial charge in [-0.2, -0.15) is 15.5 Å². The first-order valence-electron chi connectivity index (χ1n) is 8.57. The zero-order valence-electron chi connectivity index (χ0n) is 15.2. The molecule has 0 spiro atoms. The van der Waals surface area contributed by atoms with Crippen LogP contribution in [0.15, 0.2) is 58.6 Å². The molecule has 0 unspecified atom stereocenters. The normalized spacial score (nSPS) is 11.1. The van der Waals surface area contributed by atoms with E-state index >= 15 is 0 Å². The molecule has 8 nitrogen and oxygen atoms in total. The average Bonchev–Trinajstić information content (AvgIpc) is 3.08. The Kier molecular flexibility index (Phi) is 4.58. The molecule has 0 atom stereocenters. The average molecular weight is 387 g/mol. The van der Waals surface area contributed by atoms with E-state index in [1.54, 1.807) is 48.3 Å². The summed E-state index contributed by atoms with van der Waals surface area (Å²) >= 11 is 0. The monoisotopic (exact) mass is 387 g/mol. The minimum atomic E-state index is -0.596. The van der Waals surface area contributed by atoms with E-state index in [0.717, 1.165) is 5.52 Å². The molecular weight excluding hydrogens is 373 g/mol. The van der Waals surface area contributed by atoms with E-state index in [-0.39, 0.29) is 22.8 Å².